The molecule has 1 aromatic carbocycles. The average molecular weight is 578 g/mol. The van der Waals surface area contributed by atoms with Crippen molar-refractivity contribution in [2.45, 2.75) is 51.5 Å². The van der Waals surface area contributed by atoms with E-state index in [0.717, 1.165) is 31.4 Å². The van der Waals surface area contributed by atoms with Gasteiger partial charge in [0.25, 0.3) is 5.91 Å². The highest BCUT2D eigenvalue weighted by Gasteiger charge is 2.34. The molecule has 1 saturated carbocycles. The fourth-order valence-electron chi connectivity index (χ4n) is 5.41. The summed E-state index contributed by atoms with van der Waals surface area (Å²) in [6.45, 7) is 2.94. The number of ether oxygens (including phenoxy) is 1. The lowest BCUT2D eigenvalue weighted by Gasteiger charge is -2.34. The van der Waals surface area contributed by atoms with Gasteiger partial charge in [0.05, 0.1) is 0 Å². The minimum Gasteiger partial charge on any atom is -0.490 e. The molecule has 5 rings (SSSR count). The Labute approximate surface area is 242 Å². The molecule has 222 valence electrons. The molecular formula is C29H35N7O6. The maximum absolute atomic E-state index is 13.5. The average Bonchev–Trinajstić information content (AvgIpc) is 3.57. The van der Waals surface area contributed by atoms with E-state index in [1.54, 1.807) is 30.5 Å². The predicted molar refractivity (Wildman–Crippen MR) is 156 cm³/mol. The number of guanidine groups is 1. The fourth-order valence-corrected chi connectivity index (χ4v) is 5.41. The van der Waals surface area contributed by atoms with E-state index in [-0.39, 0.29) is 54.4 Å². The number of carbonyl (C=O) groups excluding carboxylic acids is 3. The molecule has 0 spiro atoms. The zero-order chi connectivity index (χ0) is 29.6. The molecule has 42 heavy (non-hydrogen) atoms. The van der Waals surface area contributed by atoms with Gasteiger partial charge in [-0.05, 0) is 74.0 Å². The molecule has 0 unspecified atom stereocenters. The van der Waals surface area contributed by atoms with Crippen LogP contribution in [-0.4, -0.2) is 59.4 Å². The minimum atomic E-state index is -0.554. The molecule has 3 aromatic rings. The number of nitrogens with one attached hydrogen (secondary N) is 2. The number of fused-ring (bicyclic) bond motifs is 1. The van der Waals surface area contributed by atoms with Crippen molar-refractivity contribution in [3.63, 3.8) is 0 Å². The van der Waals surface area contributed by atoms with E-state index in [9.17, 15) is 14.4 Å². The summed E-state index contributed by atoms with van der Waals surface area (Å²) < 4.78 is 11.7. The first-order chi connectivity index (χ1) is 20.3. The SMILES string of the molecule is Cc1ccc(NC(=O)c2oc3ccc(OCCON=C(N)N)cc3c2NC(=O)C2CCC(N3CCCC3=O)CC2)nc1. The van der Waals surface area contributed by atoms with Crippen molar-refractivity contribution in [1.82, 2.24) is 9.88 Å². The predicted octanol–water partition coefficient (Wildman–Crippen LogP) is 3.09. The number of amides is 3. The summed E-state index contributed by atoms with van der Waals surface area (Å²) in [5, 5.41) is 9.66. The number of carbonyl (C=O) groups is 3. The first-order valence-corrected chi connectivity index (χ1v) is 14.0. The van der Waals surface area contributed by atoms with Gasteiger partial charge in [0.15, 0.2) is 6.61 Å². The number of likely N-dealkylation sites (tertiary alicyclic amines) is 1. The maximum atomic E-state index is 13.5. The highest BCUT2D eigenvalue weighted by molar-refractivity contribution is 6.14. The molecule has 2 fully saturated rings. The van der Waals surface area contributed by atoms with Crippen LogP contribution in [0.1, 0.15) is 54.6 Å². The van der Waals surface area contributed by atoms with Crippen molar-refractivity contribution < 1.29 is 28.4 Å². The molecule has 2 aromatic heterocycles. The fraction of sp³-hybridized carbons (Fsp3) is 0.414. The molecule has 0 atom stereocenters. The van der Waals surface area contributed by atoms with E-state index in [0.29, 0.717) is 41.8 Å². The number of aromatic nitrogens is 1. The van der Waals surface area contributed by atoms with Crippen LogP contribution in [0.25, 0.3) is 11.0 Å². The molecule has 13 nitrogen and oxygen atoms in total. The standard InChI is InChI=1S/C29H35N7O6/c1-17-4-11-23(32-16-17)33-28(39)26-25(21-15-20(9-10-22(21)42-26)40-13-14-41-35-29(30)31)34-27(38)18-5-7-19(8-6-18)36-12-2-3-24(36)37/h4,9-11,15-16,18-19H,2-3,5-8,12-14H2,1H3,(H,34,38)(H4,30,31,35)(H,32,33,39). The Morgan fingerprint density at radius 2 is 1.93 bits per heavy atom. The monoisotopic (exact) mass is 577 g/mol. The van der Waals surface area contributed by atoms with E-state index >= 15 is 0 Å². The van der Waals surface area contributed by atoms with Crippen LogP contribution in [0.4, 0.5) is 11.5 Å². The number of hydrogen-bond acceptors (Lipinski definition) is 8. The third kappa shape index (κ3) is 6.73. The first kappa shape index (κ1) is 28.7. The lowest BCUT2D eigenvalue weighted by atomic mass is 9.84. The molecule has 1 saturated heterocycles. The van der Waals surface area contributed by atoms with Crippen LogP contribution < -0.4 is 26.8 Å². The van der Waals surface area contributed by atoms with Crippen molar-refractivity contribution in [3.05, 3.63) is 47.9 Å². The van der Waals surface area contributed by atoms with Crippen LogP contribution in [0.2, 0.25) is 0 Å². The van der Waals surface area contributed by atoms with Crippen molar-refractivity contribution in [2.24, 2.45) is 22.5 Å². The molecule has 0 radical (unpaired) electrons. The number of benzene rings is 1. The first-order valence-electron chi connectivity index (χ1n) is 14.0. The number of aryl methyl sites for hydroxylation is 1. The van der Waals surface area contributed by atoms with Crippen molar-refractivity contribution >= 4 is 46.2 Å². The Balaban J connectivity index is 1.34. The summed E-state index contributed by atoms with van der Waals surface area (Å²) in [7, 11) is 0. The maximum Gasteiger partial charge on any atom is 0.294 e. The number of rotatable bonds is 10. The highest BCUT2D eigenvalue weighted by atomic mass is 16.6. The van der Waals surface area contributed by atoms with E-state index in [1.165, 1.54) is 0 Å². The molecule has 1 aliphatic heterocycles. The van der Waals surface area contributed by atoms with Crippen LogP contribution in [0.5, 0.6) is 5.75 Å². The number of hydrogen-bond donors (Lipinski definition) is 4. The van der Waals surface area contributed by atoms with E-state index in [2.05, 4.69) is 20.8 Å². The number of anilines is 2. The number of oxime groups is 1. The Kier molecular flexibility index (Phi) is 8.74. The number of pyridine rings is 1. The van der Waals surface area contributed by atoms with Gasteiger partial charge in [-0.3, -0.25) is 14.4 Å². The Morgan fingerprint density at radius 3 is 2.62 bits per heavy atom. The Morgan fingerprint density at radius 1 is 1.12 bits per heavy atom. The third-order valence-electron chi connectivity index (χ3n) is 7.50. The van der Waals surface area contributed by atoms with E-state index in [4.69, 9.17) is 25.5 Å². The van der Waals surface area contributed by atoms with E-state index < -0.39 is 5.91 Å². The molecular weight excluding hydrogens is 542 g/mol. The quantitative estimate of drug-likeness (QED) is 0.121. The number of nitrogens with two attached hydrogens (primary N) is 2. The highest BCUT2D eigenvalue weighted by Crippen LogP contribution is 2.36. The number of nitrogens with zero attached hydrogens (tertiary/aromatic N) is 3. The van der Waals surface area contributed by atoms with Gasteiger partial charge in [0.1, 0.15) is 29.4 Å². The Bertz CT molecular complexity index is 1470. The van der Waals surface area contributed by atoms with E-state index in [1.807, 2.05) is 17.9 Å². The second-order valence-corrected chi connectivity index (χ2v) is 10.5. The summed E-state index contributed by atoms with van der Waals surface area (Å²) >= 11 is 0. The topological polar surface area (TPSA) is 187 Å². The van der Waals surface area contributed by atoms with Gasteiger partial charge in [-0.1, -0.05) is 6.07 Å². The van der Waals surface area contributed by atoms with Gasteiger partial charge < -0.3 is 41.0 Å². The second kappa shape index (κ2) is 12.8. The summed E-state index contributed by atoms with van der Waals surface area (Å²) in [5.41, 5.74) is 12.1. The van der Waals surface area contributed by atoms with Crippen LogP contribution >= 0.6 is 0 Å². The van der Waals surface area contributed by atoms with Gasteiger partial charge in [-0.25, -0.2) is 4.98 Å². The van der Waals surface area contributed by atoms with Crippen molar-refractivity contribution in [3.8, 4) is 5.75 Å². The smallest absolute Gasteiger partial charge is 0.294 e. The van der Waals surface area contributed by atoms with Crippen LogP contribution in [0.3, 0.4) is 0 Å². The summed E-state index contributed by atoms with van der Waals surface area (Å²) in [6.07, 6.45) is 5.97. The minimum absolute atomic E-state index is 0.0506. The largest absolute Gasteiger partial charge is 0.490 e. The zero-order valence-corrected chi connectivity index (χ0v) is 23.4. The second-order valence-electron chi connectivity index (χ2n) is 10.5. The van der Waals surface area contributed by atoms with Gasteiger partial charge >= 0.3 is 0 Å². The molecule has 3 amide bonds. The van der Waals surface area contributed by atoms with Gasteiger partial charge in [0.2, 0.25) is 23.5 Å². The molecule has 3 heterocycles. The normalized spacial score (nSPS) is 18.5. The summed E-state index contributed by atoms with van der Waals surface area (Å²) in [4.78, 5) is 50.2. The van der Waals surface area contributed by atoms with Crippen LogP contribution in [0, 0.1) is 12.8 Å². The summed E-state index contributed by atoms with van der Waals surface area (Å²) in [5.74, 6) is -0.244. The lowest BCUT2D eigenvalue weighted by Crippen LogP contribution is -2.40. The van der Waals surface area contributed by atoms with Crippen molar-refractivity contribution in [1.29, 1.82) is 0 Å². The zero-order valence-electron chi connectivity index (χ0n) is 23.4. The third-order valence-corrected chi connectivity index (χ3v) is 7.50. The van der Waals surface area contributed by atoms with Crippen LogP contribution in [-0.2, 0) is 14.4 Å². The number of furan rings is 1. The molecule has 13 heteroatoms. The lowest BCUT2D eigenvalue weighted by molar-refractivity contribution is -0.130. The molecule has 2 aliphatic rings. The molecule has 0 bridgehead atoms. The van der Waals surface area contributed by atoms with Gasteiger partial charge in [-0.2, -0.15) is 0 Å². The molecule has 6 N–H and O–H groups in total. The van der Waals surface area contributed by atoms with Gasteiger partial charge in [-0.15, -0.1) is 0 Å². The van der Waals surface area contributed by atoms with Crippen LogP contribution in [0.15, 0.2) is 46.1 Å². The molecule has 1 aliphatic carbocycles. The Hall–Kier alpha value is -4.81. The summed E-state index contributed by atoms with van der Waals surface area (Å²) in [6, 6.07) is 8.73. The van der Waals surface area contributed by atoms with Gasteiger partial charge in [0, 0.05) is 36.5 Å². The van der Waals surface area contributed by atoms with Crippen molar-refractivity contribution in [2.75, 3.05) is 30.4 Å².